The lowest BCUT2D eigenvalue weighted by atomic mass is 9.95. The lowest BCUT2D eigenvalue weighted by Gasteiger charge is -2.19. The smallest absolute Gasteiger partial charge is 0.251 e. The van der Waals surface area contributed by atoms with Crippen molar-refractivity contribution in [2.45, 2.75) is 25.8 Å². The maximum atomic E-state index is 12.3. The van der Waals surface area contributed by atoms with Gasteiger partial charge < -0.3 is 10.6 Å². The molecule has 0 saturated carbocycles. The maximum Gasteiger partial charge on any atom is 0.251 e. The van der Waals surface area contributed by atoms with Crippen LogP contribution in [-0.2, 0) is 19.4 Å². The van der Waals surface area contributed by atoms with Gasteiger partial charge >= 0.3 is 0 Å². The van der Waals surface area contributed by atoms with E-state index in [1.165, 1.54) is 17.5 Å². The van der Waals surface area contributed by atoms with Gasteiger partial charge in [0, 0.05) is 25.1 Å². The Morgan fingerprint density at radius 3 is 3.19 bits per heavy atom. The summed E-state index contributed by atoms with van der Waals surface area (Å²) in [4.78, 5) is 16.4. The molecule has 3 rings (SSSR count). The number of rotatable bonds is 5. The summed E-state index contributed by atoms with van der Waals surface area (Å²) in [5, 5.41) is 12.9. The summed E-state index contributed by atoms with van der Waals surface area (Å²) in [6, 6.07) is 5.95. The summed E-state index contributed by atoms with van der Waals surface area (Å²) < 4.78 is 0. The Labute approximate surface area is 123 Å². The van der Waals surface area contributed by atoms with Crippen LogP contribution >= 0.6 is 0 Å². The molecule has 0 atom stereocenters. The van der Waals surface area contributed by atoms with Crippen molar-refractivity contribution >= 4 is 5.91 Å². The zero-order valence-electron chi connectivity index (χ0n) is 11.9. The summed E-state index contributed by atoms with van der Waals surface area (Å²) in [6.45, 7) is 2.42. The summed E-state index contributed by atoms with van der Waals surface area (Å²) in [5.74, 6) is 0.874. The van der Waals surface area contributed by atoms with Crippen molar-refractivity contribution in [3.05, 3.63) is 47.0 Å². The van der Waals surface area contributed by atoms with Crippen molar-refractivity contribution < 1.29 is 4.79 Å². The average Bonchev–Trinajstić information content (AvgIpc) is 3.04. The first-order valence-corrected chi connectivity index (χ1v) is 7.28. The van der Waals surface area contributed by atoms with E-state index in [0.717, 1.165) is 43.7 Å². The van der Waals surface area contributed by atoms with Gasteiger partial charge in [0.25, 0.3) is 5.91 Å². The number of carbonyl (C=O) groups excluding carboxylic acids is 1. The van der Waals surface area contributed by atoms with Gasteiger partial charge in [-0.15, -0.1) is 0 Å². The van der Waals surface area contributed by atoms with Crippen molar-refractivity contribution in [2.75, 3.05) is 13.1 Å². The van der Waals surface area contributed by atoms with Crippen LogP contribution in [0.5, 0.6) is 0 Å². The molecule has 0 fully saturated rings. The number of carbonyl (C=O) groups is 1. The first-order valence-electron chi connectivity index (χ1n) is 7.28. The number of fused-ring (bicyclic) bond motifs is 1. The zero-order chi connectivity index (χ0) is 14.5. The van der Waals surface area contributed by atoms with Crippen LogP contribution in [0.2, 0.25) is 0 Å². The maximum absolute atomic E-state index is 12.3. The number of H-pyrrole nitrogens is 1. The number of nitrogens with one attached hydrogen (secondary N) is 3. The van der Waals surface area contributed by atoms with Gasteiger partial charge in [0.2, 0.25) is 0 Å². The largest absolute Gasteiger partial charge is 0.352 e. The summed E-state index contributed by atoms with van der Waals surface area (Å²) in [5.41, 5.74) is 3.23. The fourth-order valence-electron chi connectivity index (χ4n) is 2.65. The van der Waals surface area contributed by atoms with Crippen LogP contribution < -0.4 is 10.6 Å². The van der Waals surface area contributed by atoms with Gasteiger partial charge in [-0.05, 0) is 36.6 Å². The van der Waals surface area contributed by atoms with Crippen LogP contribution in [0.25, 0.3) is 0 Å². The quantitative estimate of drug-likeness (QED) is 0.710. The Kier molecular flexibility index (Phi) is 4.25. The third kappa shape index (κ3) is 3.28. The first kappa shape index (κ1) is 13.8. The third-order valence-corrected chi connectivity index (χ3v) is 3.73. The first-order chi connectivity index (χ1) is 10.3. The van der Waals surface area contributed by atoms with E-state index in [2.05, 4.69) is 31.9 Å². The molecule has 6 nitrogen and oxygen atoms in total. The van der Waals surface area contributed by atoms with E-state index in [-0.39, 0.29) is 5.91 Å². The fraction of sp³-hybridized carbons (Fsp3) is 0.400. The molecule has 6 heteroatoms. The third-order valence-electron chi connectivity index (χ3n) is 3.73. The Morgan fingerprint density at radius 2 is 2.33 bits per heavy atom. The molecular formula is C15H19N5O. The number of nitrogens with zero attached hydrogens (tertiary/aromatic N) is 2. The molecule has 0 bridgehead atoms. The van der Waals surface area contributed by atoms with Crippen LogP contribution in [0.1, 0.15) is 33.7 Å². The Morgan fingerprint density at radius 1 is 1.38 bits per heavy atom. The van der Waals surface area contributed by atoms with Gasteiger partial charge in [0.15, 0.2) is 0 Å². The van der Waals surface area contributed by atoms with Crippen molar-refractivity contribution in [1.29, 1.82) is 0 Å². The fourth-order valence-corrected chi connectivity index (χ4v) is 2.65. The number of benzene rings is 1. The van der Waals surface area contributed by atoms with E-state index in [1.807, 2.05) is 12.1 Å². The van der Waals surface area contributed by atoms with Gasteiger partial charge in [-0.1, -0.05) is 12.1 Å². The summed E-state index contributed by atoms with van der Waals surface area (Å²) in [6.07, 6.45) is 4.05. The van der Waals surface area contributed by atoms with Crippen LogP contribution in [0.4, 0.5) is 0 Å². The average molecular weight is 285 g/mol. The Bertz CT molecular complexity index is 609. The molecule has 1 amide bonds. The molecule has 0 radical (unpaired) electrons. The molecule has 2 heterocycles. The second-order valence-corrected chi connectivity index (χ2v) is 5.16. The molecule has 1 aromatic carbocycles. The van der Waals surface area contributed by atoms with E-state index in [1.54, 1.807) is 0 Å². The molecule has 1 aliphatic heterocycles. The molecule has 0 unspecified atom stereocenters. The lowest BCUT2D eigenvalue weighted by Crippen LogP contribution is -2.30. The van der Waals surface area contributed by atoms with Gasteiger partial charge in [0.05, 0.1) is 0 Å². The molecular weight excluding hydrogens is 266 g/mol. The molecule has 2 aromatic rings. The molecule has 21 heavy (non-hydrogen) atoms. The monoisotopic (exact) mass is 285 g/mol. The van der Waals surface area contributed by atoms with Crippen LogP contribution in [0.3, 0.4) is 0 Å². The topological polar surface area (TPSA) is 82.7 Å². The minimum atomic E-state index is 0.0197. The standard InChI is InChI=1S/C15H19N5O/c21-15(17-7-2-5-14-18-10-19-20-14)13-4-1-3-11-9-16-8-6-12(11)13/h1,3-4,10,16H,2,5-9H2,(H,17,21)(H,18,19,20). The molecule has 0 saturated heterocycles. The number of aromatic nitrogens is 3. The molecule has 1 aromatic heterocycles. The van der Waals surface area contributed by atoms with Gasteiger partial charge in [-0.3, -0.25) is 9.89 Å². The normalized spacial score (nSPS) is 13.7. The lowest BCUT2D eigenvalue weighted by molar-refractivity contribution is 0.0952. The highest BCUT2D eigenvalue weighted by atomic mass is 16.1. The van der Waals surface area contributed by atoms with Gasteiger partial charge in [0.1, 0.15) is 12.2 Å². The van der Waals surface area contributed by atoms with Crippen molar-refractivity contribution in [1.82, 2.24) is 25.8 Å². The molecule has 0 aliphatic carbocycles. The van der Waals surface area contributed by atoms with Crippen molar-refractivity contribution in [2.24, 2.45) is 0 Å². The van der Waals surface area contributed by atoms with E-state index < -0.39 is 0 Å². The Hall–Kier alpha value is -2.21. The highest BCUT2D eigenvalue weighted by molar-refractivity contribution is 5.96. The molecule has 0 spiro atoms. The van der Waals surface area contributed by atoms with E-state index >= 15 is 0 Å². The highest BCUT2D eigenvalue weighted by Gasteiger charge is 2.16. The van der Waals surface area contributed by atoms with Gasteiger partial charge in [-0.25, -0.2) is 4.98 Å². The predicted octanol–water partition coefficient (Wildman–Crippen LogP) is 0.813. The number of aromatic amines is 1. The zero-order valence-corrected chi connectivity index (χ0v) is 11.9. The highest BCUT2D eigenvalue weighted by Crippen LogP contribution is 2.18. The molecule has 110 valence electrons. The van der Waals surface area contributed by atoms with E-state index in [9.17, 15) is 4.79 Å². The number of hydrogen-bond donors (Lipinski definition) is 3. The number of aryl methyl sites for hydroxylation is 1. The minimum Gasteiger partial charge on any atom is -0.352 e. The minimum absolute atomic E-state index is 0.0197. The second kappa shape index (κ2) is 6.49. The van der Waals surface area contributed by atoms with Crippen molar-refractivity contribution in [3.63, 3.8) is 0 Å². The number of amides is 1. The number of hydrogen-bond acceptors (Lipinski definition) is 4. The van der Waals surface area contributed by atoms with Crippen molar-refractivity contribution in [3.8, 4) is 0 Å². The predicted molar refractivity (Wildman–Crippen MR) is 78.9 cm³/mol. The molecule has 3 N–H and O–H groups in total. The molecule has 1 aliphatic rings. The summed E-state index contributed by atoms with van der Waals surface area (Å²) in [7, 11) is 0. The van der Waals surface area contributed by atoms with Crippen LogP contribution in [-0.4, -0.2) is 34.2 Å². The van der Waals surface area contributed by atoms with Gasteiger partial charge in [-0.2, -0.15) is 5.10 Å². The van der Waals surface area contributed by atoms with Crippen LogP contribution in [0.15, 0.2) is 24.5 Å². The summed E-state index contributed by atoms with van der Waals surface area (Å²) >= 11 is 0. The van der Waals surface area contributed by atoms with Crippen LogP contribution in [0, 0.1) is 0 Å². The SMILES string of the molecule is O=C(NCCCc1ncn[nH]1)c1cccc2c1CCNC2. The van der Waals surface area contributed by atoms with E-state index in [0.29, 0.717) is 6.54 Å². The van der Waals surface area contributed by atoms with E-state index in [4.69, 9.17) is 0 Å². The Balaban J connectivity index is 1.56. The second-order valence-electron chi connectivity index (χ2n) is 5.16.